The van der Waals surface area contributed by atoms with Crippen LogP contribution in [0.4, 0.5) is 0 Å². The lowest BCUT2D eigenvalue weighted by Gasteiger charge is -2.25. The Balaban J connectivity index is 2.73. The van der Waals surface area contributed by atoms with E-state index in [2.05, 4.69) is 31.6 Å². The Morgan fingerprint density at radius 1 is 1.55 bits per heavy atom. The molecule has 3 heteroatoms. The van der Waals surface area contributed by atoms with Crippen molar-refractivity contribution in [3.63, 3.8) is 0 Å². The third-order valence-corrected chi connectivity index (χ3v) is 2.90. The van der Waals surface area contributed by atoms with Crippen molar-refractivity contribution >= 4 is 11.0 Å². The molecule has 0 aromatic heterocycles. The number of hydrogen-bond donors (Lipinski definition) is 1. The van der Waals surface area contributed by atoms with Crippen molar-refractivity contribution < 1.29 is 4.21 Å². The maximum absolute atomic E-state index is 11.1. The van der Waals surface area contributed by atoms with E-state index >= 15 is 0 Å². The first-order chi connectivity index (χ1) is 5.00. The molecule has 64 valence electrons. The molecule has 0 aliphatic carbocycles. The summed E-state index contributed by atoms with van der Waals surface area (Å²) in [6.45, 7) is 7.21. The van der Waals surface area contributed by atoms with Crippen LogP contribution < -0.4 is 4.72 Å². The van der Waals surface area contributed by atoms with Gasteiger partial charge in [0.25, 0.3) is 0 Å². The summed E-state index contributed by atoms with van der Waals surface area (Å²) in [6, 6.07) is 0. The van der Waals surface area contributed by atoms with Crippen LogP contribution in [0.5, 0.6) is 0 Å². The molecule has 0 spiro atoms. The van der Waals surface area contributed by atoms with Crippen LogP contribution in [0.25, 0.3) is 0 Å². The van der Waals surface area contributed by atoms with E-state index in [1.807, 2.05) is 0 Å². The molecule has 1 aliphatic rings. The van der Waals surface area contributed by atoms with Gasteiger partial charge in [0.15, 0.2) is 0 Å². The minimum atomic E-state index is -0.835. The Labute approximate surface area is 70.7 Å². The van der Waals surface area contributed by atoms with E-state index < -0.39 is 11.0 Å². The standard InChI is InChI=1S/C8H15NOS/c1-8(2,3)7-4-5-9-11(10)6-7/h4,9H,5-6H2,1-3H3. The van der Waals surface area contributed by atoms with Crippen LogP contribution in [0.2, 0.25) is 0 Å². The summed E-state index contributed by atoms with van der Waals surface area (Å²) >= 11 is 0. The molecule has 1 N–H and O–H groups in total. The van der Waals surface area contributed by atoms with Crippen LogP contribution in [0.3, 0.4) is 0 Å². The van der Waals surface area contributed by atoms with Gasteiger partial charge in [-0.2, -0.15) is 0 Å². The van der Waals surface area contributed by atoms with Gasteiger partial charge in [-0.25, -0.2) is 8.93 Å². The van der Waals surface area contributed by atoms with E-state index in [4.69, 9.17) is 0 Å². The molecule has 0 amide bonds. The van der Waals surface area contributed by atoms with Crippen LogP contribution >= 0.6 is 0 Å². The summed E-state index contributed by atoms with van der Waals surface area (Å²) in [7, 11) is -0.835. The largest absolute Gasteiger partial charge is 0.243 e. The van der Waals surface area contributed by atoms with Gasteiger partial charge < -0.3 is 0 Å². The zero-order valence-electron chi connectivity index (χ0n) is 7.31. The van der Waals surface area contributed by atoms with Crippen LogP contribution in [-0.2, 0) is 11.0 Å². The van der Waals surface area contributed by atoms with Crippen LogP contribution in [0.15, 0.2) is 11.6 Å². The predicted molar refractivity (Wildman–Crippen MR) is 48.6 cm³/mol. The fourth-order valence-corrected chi connectivity index (χ4v) is 2.24. The molecular formula is C8H15NOS. The Kier molecular flexibility index (Phi) is 2.50. The van der Waals surface area contributed by atoms with Crippen molar-refractivity contribution in [3.05, 3.63) is 11.6 Å². The number of rotatable bonds is 0. The molecule has 0 saturated heterocycles. The fourth-order valence-electron chi connectivity index (χ4n) is 1.03. The van der Waals surface area contributed by atoms with Crippen molar-refractivity contribution in [3.8, 4) is 0 Å². The molecule has 0 bridgehead atoms. The zero-order valence-corrected chi connectivity index (χ0v) is 8.12. The van der Waals surface area contributed by atoms with E-state index in [9.17, 15) is 4.21 Å². The summed E-state index contributed by atoms with van der Waals surface area (Å²) in [6.07, 6.45) is 2.14. The Hall–Kier alpha value is -0.150. The molecule has 2 nitrogen and oxygen atoms in total. The monoisotopic (exact) mass is 173 g/mol. The van der Waals surface area contributed by atoms with Gasteiger partial charge in [0, 0.05) is 6.54 Å². The molecule has 1 heterocycles. The summed E-state index contributed by atoms with van der Waals surface area (Å²) in [5.41, 5.74) is 1.48. The Morgan fingerprint density at radius 3 is 2.55 bits per heavy atom. The summed E-state index contributed by atoms with van der Waals surface area (Å²) in [5.74, 6) is 0.684. The summed E-state index contributed by atoms with van der Waals surface area (Å²) < 4.78 is 14.0. The minimum absolute atomic E-state index is 0.178. The Morgan fingerprint density at radius 2 is 2.18 bits per heavy atom. The lowest BCUT2D eigenvalue weighted by Crippen LogP contribution is -2.30. The molecule has 0 aromatic rings. The zero-order chi connectivity index (χ0) is 8.48. The highest BCUT2D eigenvalue weighted by atomic mass is 32.2. The first kappa shape index (κ1) is 8.94. The third kappa shape index (κ3) is 2.42. The van der Waals surface area contributed by atoms with E-state index in [1.54, 1.807) is 0 Å². The van der Waals surface area contributed by atoms with Gasteiger partial charge in [-0.15, -0.1) is 0 Å². The lowest BCUT2D eigenvalue weighted by atomic mass is 9.87. The number of nitrogens with one attached hydrogen (secondary N) is 1. The van der Waals surface area contributed by atoms with E-state index in [0.717, 1.165) is 6.54 Å². The van der Waals surface area contributed by atoms with Gasteiger partial charge in [0.05, 0.1) is 16.7 Å². The van der Waals surface area contributed by atoms with Gasteiger partial charge in [0.1, 0.15) is 0 Å². The highest BCUT2D eigenvalue weighted by molar-refractivity contribution is 7.83. The normalized spacial score (nSPS) is 26.5. The van der Waals surface area contributed by atoms with Crippen LogP contribution in [0, 0.1) is 5.41 Å². The molecule has 0 fully saturated rings. The molecule has 1 unspecified atom stereocenters. The highest BCUT2D eigenvalue weighted by Crippen LogP contribution is 2.26. The lowest BCUT2D eigenvalue weighted by molar-refractivity contribution is 0.500. The van der Waals surface area contributed by atoms with E-state index in [0.29, 0.717) is 5.75 Å². The third-order valence-electron chi connectivity index (χ3n) is 1.84. The van der Waals surface area contributed by atoms with Crippen LogP contribution in [0.1, 0.15) is 20.8 Å². The van der Waals surface area contributed by atoms with Gasteiger partial charge in [-0.05, 0) is 5.41 Å². The molecule has 1 aliphatic heterocycles. The molecular weight excluding hydrogens is 158 g/mol. The van der Waals surface area contributed by atoms with Crippen molar-refractivity contribution in [2.24, 2.45) is 5.41 Å². The van der Waals surface area contributed by atoms with Crippen molar-refractivity contribution in [1.29, 1.82) is 0 Å². The van der Waals surface area contributed by atoms with Crippen molar-refractivity contribution in [2.45, 2.75) is 20.8 Å². The minimum Gasteiger partial charge on any atom is -0.243 e. The quantitative estimate of drug-likeness (QED) is 0.548. The maximum Gasteiger partial charge on any atom is 0.0960 e. The molecule has 1 atom stereocenters. The highest BCUT2D eigenvalue weighted by Gasteiger charge is 2.20. The van der Waals surface area contributed by atoms with Crippen molar-refractivity contribution in [2.75, 3.05) is 12.3 Å². The smallest absolute Gasteiger partial charge is 0.0960 e. The second-order valence-electron chi connectivity index (χ2n) is 3.82. The van der Waals surface area contributed by atoms with E-state index in [-0.39, 0.29) is 5.41 Å². The number of hydrogen-bond acceptors (Lipinski definition) is 1. The second-order valence-corrected chi connectivity index (χ2v) is 5.09. The molecule has 1 rings (SSSR count). The van der Waals surface area contributed by atoms with Gasteiger partial charge >= 0.3 is 0 Å². The molecule has 0 aromatic carbocycles. The predicted octanol–water partition coefficient (Wildman–Crippen LogP) is 1.23. The van der Waals surface area contributed by atoms with Crippen molar-refractivity contribution in [1.82, 2.24) is 4.72 Å². The average molecular weight is 173 g/mol. The molecule has 0 saturated carbocycles. The summed E-state index contributed by atoms with van der Waals surface area (Å²) in [5, 5.41) is 0. The first-order valence-electron chi connectivity index (χ1n) is 3.81. The molecule has 11 heavy (non-hydrogen) atoms. The first-order valence-corrected chi connectivity index (χ1v) is 5.13. The van der Waals surface area contributed by atoms with Gasteiger partial charge in [0.2, 0.25) is 0 Å². The average Bonchev–Trinajstić information content (AvgIpc) is 1.86. The van der Waals surface area contributed by atoms with E-state index in [1.165, 1.54) is 5.57 Å². The SMILES string of the molecule is CC(C)(C)C1=CCNS(=O)C1. The van der Waals surface area contributed by atoms with Gasteiger partial charge in [-0.3, -0.25) is 0 Å². The molecule has 0 radical (unpaired) electrons. The summed E-state index contributed by atoms with van der Waals surface area (Å²) in [4.78, 5) is 0. The Bertz CT molecular complexity index is 203. The second kappa shape index (κ2) is 3.07. The fraction of sp³-hybridized carbons (Fsp3) is 0.750. The topological polar surface area (TPSA) is 29.1 Å². The maximum atomic E-state index is 11.1. The van der Waals surface area contributed by atoms with Crippen LogP contribution in [-0.4, -0.2) is 16.5 Å². The van der Waals surface area contributed by atoms with Gasteiger partial charge in [-0.1, -0.05) is 32.4 Å².